The maximum absolute atomic E-state index is 13.5. The molecule has 3 aliphatic rings. The molecule has 1 unspecified atom stereocenters. The fourth-order valence-electron chi connectivity index (χ4n) is 6.82. The molecule has 4 rings (SSSR count). The number of nitrogens with one attached hydrogen (secondary N) is 1. The van der Waals surface area contributed by atoms with Crippen molar-refractivity contribution in [2.24, 2.45) is 5.92 Å². The van der Waals surface area contributed by atoms with Crippen LogP contribution in [0.3, 0.4) is 0 Å². The van der Waals surface area contributed by atoms with Crippen LogP contribution in [-0.4, -0.2) is 122 Å². The predicted molar refractivity (Wildman–Crippen MR) is 170 cm³/mol. The quantitative estimate of drug-likeness (QED) is 0.362. The van der Waals surface area contributed by atoms with E-state index in [9.17, 15) is 24.0 Å². The Kier molecular flexibility index (Phi) is 12.6. The van der Waals surface area contributed by atoms with Crippen molar-refractivity contribution in [3.05, 3.63) is 29.3 Å². The van der Waals surface area contributed by atoms with Crippen LogP contribution >= 0.6 is 0 Å². The second-order valence-electron chi connectivity index (χ2n) is 12.5. The van der Waals surface area contributed by atoms with Crippen LogP contribution in [0.1, 0.15) is 85.4 Å². The molecule has 1 N–H and O–H groups in total. The fraction of sp³-hybridized carbons (Fsp3) is 0.667. The second-order valence-corrected chi connectivity index (χ2v) is 12.5. The lowest BCUT2D eigenvalue weighted by molar-refractivity contribution is -0.128. The number of likely N-dealkylation sites (N-methyl/N-ethyl adjacent to an activating group) is 1. The zero-order valence-corrected chi connectivity index (χ0v) is 26.5. The number of piperazine rings is 1. The van der Waals surface area contributed by atoms with Gasteiger partial charge in [-0.3, -0.25) is 29.4 Å². The number of aldehydes is 1. The van der Waals surface area contributed by atoms with Gasteiger partial charge in [-0.1, -0.05) is 13.3 Å². The van der Waals surface area contributed by atoms with Gasteiger partial charge in [0.2, 0.25) is 12.3 Å². The van der Waals surface area contributed by atoms with Gasteiger partial charge in [0, 0.05) is 70.7 Å². The molecule has 0 bridgehead atoms. The van der Waals surface area contributed by atoms with Crippen molar-refractivity contribution >= 4 is 36.2 Å². The lowest BCUT2D eigenvalue weighted by Gasteiger charge is -2.38. The highest BCUT2D eigenvalue weighted by atomic mass is 16.2. The van der Waals surface area contributed by atoms with E-state index in [4.69, 9.17) is 0 Å². The SMILES string of the molecule is CCCC(C(=O)NC=O)N(C)C(=O)c1cc(N2CCN(CCCC3CCN(C(=O)N4CCCCC4)CC3)CC2)ccc1C=O. The summed E-state index contributed by atoms with van der Waals surface area (Å²) in [6, 6.07) is 4.73. The number of amides is 5. The standard InChI is InChI=1S/C33H50N6O5/c1-3-8-30(31(42)34-25-41)35(2)32(43)29-23-28(11-10-27(29)24-40)37-21-19-36(20-22-37)14-7-9-26-12-17-39(18-13-26)33(44)38-15-5-4-6-16-38/h10-11,23-26,30H,3-9,12-22H2,1-2H3,(H,34,41,42). The molecule has 11 heteroatoms. The Morgan fingerprint density at radius 1 is 0.955 bits per heavy atom. The van der Waals surface area contributed by atoms with E-state index >= 15 is 0 Å². The summed E-state index contributed by atoms with van der Waals surface area (Å²) in [5.41, 5.74) is 1.41. The molecule has 1 aromatic carbocycles. The first-order valence-electron chi connectivity index (χ1n) is 16.5. The maximum Gasteiger partial charge on any atom is 0.319 e. The lowest BCUT2D eigenvalue weighted by atomic mass is 9.92. The monoisotopic (exact) mass is 610 g/mol. The number of hydrogen-bond donors (Lipinski definition) is 1. The minimum absolute atomic E-state index is 0.244. The van der Waals surface area contributed by atoms with Gasteiger partial charge in [-0.05, 0) is 82.0 Å². The van der Waals surface area contributed by atoms with Crippen LogP contribution < -0.4 is 10.2 Å². The minimum Gasteiger partial charge on any atom is -0.369 e. The van der Waals surface area contributed by atoms with E-state index in [0.29, 0.717) is 31.5 Å². The maximum atomic E-state index is 13.5. The smallest absolute Gasteiger partial charge is 0.319 e. The number of piperidine rings is 2. The van der Waals surface area contributed by atoms with Gasteiger partial charge < -0.3 is 19.6 Å². The predicted octanol–water partition coefficient (Wildman–Crippen LogP) is 3.23. The van der Waals surface area contributed by atoms with Gasteiger partial charge in [0.25, 0.3) is 5.91 Å². The van der Waals surface area contributed by atoms with Gasteiger partial charge in [0.15, 0.2) is 6.29 Å². The minimum atomic E-state index is -0.806. The van der Waals surface area contributed by atoms with Crippen molar-refractivity contribution in [1.29, 1.82) is 0 Å². The molecule has 0 saturated carbocycles. The molecule has 3 aliphatic heterocycles. The Bertz CT molecular complexity index is 1140. The number of urea groups is 1. The Morgan fingerprint density at radius 3 is 2.27 bits per heavy atom. The summed E-state index contributed by atoms with van der Waals surface area (Å²) in [7, 11) is 1.53. The van der Waals surface area contributed by atoms with Crippen LogP contribution in [0.15, 0.2) is 18.2 Å². The van der Waals surface area contributed by atoms with Gasteiger partial charge in [0.05, 0.1) is 5.56 Å². The van der Waals surface area contributed by atoms with Crippen LogP contribution in [0, 0.1) is 5.92 Å². The molecule has 1 atom stereocenters. The number of carbonyl (C=O) groups is 5. The molecular formula is C33H50N6O5. The third-order valence-electron chi connectivity index (χ3n) is 9.58. The third kappa shape index (κ3) is 8.58. The highest BCUT2D eigenvalue weighted by Gasteiger charge is 2.30. The molecule has 242 valence electrons. The molecule has 11 nitrogen and oxygen atoms in total. The van der Waals surface area contributed by atoms with Crippen LogP contribution in [0.2, 0.25) is 0 Å². The van der Waals surface area contributed by atoms with Gasteiger partial charge in [-0.2, -0.15) is 0 Å². The topological polar surface area (TPSA) is 114 Å². The number of nitrogens with zero attached hydrogens (tertiary/aromatic N) is 5. The molecule has 3 saturated heterocycles. The number of imide groups is 1. The van der Waals surface area contributed by atoms with Gasteiger partial charge >= 0.3 is 6.03 Å². The first kappa shape index (κ1) is 33.4. The van der Waals surface area contributed by atoms with Gasteiger partial charge in [-0.25, -0.2) is 4.79 Å². The number of benzene rings is 1. The van der Waals surface area contributed by atoms with Crippen molar-refractivity contribution in [2.45, 2.75) is 70.8 Å². The van der Waals surface area contributed by atoms with Crippen molar-refractivity contribution in [3.8, 4) is 0 Å². The number of hydrogen-bond acceptors (Lipinski definition) is 7. The lowest BCUT2D eigenvalue weighted by Crippen LogP contribution is -2.48. The molecule has 0 aromatic heterocycles. The van der Waals surface area contributed by atoms with Crippen molar-refractivity contribution < 1.29 is 24.0 Å². The van der Waals surface area contributed by atoms with E-state index in [-0.39, 0.29) is 17.2 Å². The molecule has 0 aliphatic carbocycles. The Morgan fingerprint density at radius 2 is 1.64 bits per heavy atom. The fourth-order valence-corrected chi connectivity index (χ4v) is 6.82. The summed E-state index contributed by atoms with van der Waals surface area (Å²) >= 11 is 0. The normalized spacial score (nSPS) is 18.9. The molecule has 3 heterocycles. The Hall–Kier alpha value is -3.47. The Balaban J connectivity index is 1.23. The first-order chi connectivity index (χ1) is 21.4. The van der Waals surface area contributed by atoms with E-state index in [0.717, 1.165) is 96.7 Å². The molecular weight excluding hydrogens is 560 g/mol. The Labute approximate surface area is 261 Å². The van der Waals surface area contributed by atoms with Crippen LogP contribution in [-0.2, 0) is 9.59 Å². The van der Waals surface area contributed by atoms with Crippen molar-refractivity contribution in [3.63, 3.8) is 0 Å². The summed E-state index contributed by atoms with van der Waals surface area (Å²) in [6.07, 6.45) is 10.1. The second kappa shape index (κ2) is 16.6. The number of likely N-dealkylation sites (tertiary alicyclic amines) is 2. The van der Waals surface area contributed by atoms with Gasteiger partial charge in [-0.15, -0.1) is 0 Å². The van der Waals surface area contributed by atoms with Crippen molar-refractivity contribution in [2.75, 3.05) is 70.9 Å². The van der Waals surface area contributed by atoms with Crippen LogP contribution in [0.5, 0.6) is 0 Å². The molecule has 44 heavy (non-hydrogen) atoms. The van der Waals surface area contributed by atoms with Crippen LogP contribution in [0.25, 0.3) is 0 Å². The van der Waals surface area contributed by atoms with Crippen molar-refractivity contribution in [1.82, 2.24) is 24.9 Å². The molecule has 0 spiro atoms. The summed E-state index contributed by atoms with van der Waals surface area (Å²) in [4.78, 5) is 71.5. The molecule has 3 fully saturated rings. The van der Waals surface area contributed by atoms with E-state index in [1.165, 1.54) is 24.8 Å². The number of carbonyl (C=O) groups excluding carboxylic acids is 5. The highest BCUT2D eigenvalue weighted by Crippen LogP contribution is 2.25. The molecule has 5 amide bonds. The van der Waals surface area contributed by atoms with E-state index in [1.807, 2.05) is 17.9 Å². The molecule has 1 aromatic rings. The zero-order valence-electron chi connectivity index (χ0n) is 26.5. The summed E-state index contributed by atoms with van der Waals surface area (Å²) < 4.78 is 0. The summed E-state index contributed by atoms with van der Waals surface area (Å²) in [5.74, 6) is -0.270. The zero-order chi connectivity index (χ0) is 31.5. The van der Waals surface area contributed by atoms with Gasteiger partial charge in [0.1, 0.15) is 6.04 Å². The largest absolute Gasteiger partial charge is 0.369 e. The highest BCUT2D eigenvalue weighted by molar-refractivity contribution is 6.04. The van der Waals surface area contributed by atoms with E-state index in [1.54, 1.807) is 12.1 Å². The molecule has 0 radical (unpaired) electrons. The number of anilines is 1. The first-order valence-corrected chi connectivity index (χ1v) is 16.5. The third-order valence-corrected chi connectivity index (χ3v) is 9.58. The average Bonchev–Trinajstić information content (AvgIpc) is 3.07. The van der Waals surface area contributed by atoms with E-state index in [2.05, 4.69) is 20.0 Å². The summed E-state index contributed by atoms with van der Waals surface area (Å²) in [5, 5.41) is 2.15. The van der Waals surface area contributed by atoms with E-state index < -0.39 is 17.9 Å². The number of rotatable bonds is 12. The average molecular weight is 611 g/mol. The summed E-state index contributed by atoms with van der Waals surface area (Å²) in [6.45, 7) is 10.0. The van der Waals surface area contributed by atoms with Crippen LogP contribution in [0.4, 0.5) is 10.5 Å².